The Labute approximate surface area is 134 Å². The summed E-state index contributed by atoms with van der Waals surface area (Å²) in [4.78, 5) is 10.9. The molecule has 0 aromatic rings. The van der Waals surface area contributed by atoms with Gasteiger partial charge in [0.1, 0.15) is 5.78 Å². The normalized spacial score (nSPS) is 11.2. The number of unbranched alkanes of at least 4 members (excludes halogenated alkanes) is 8. The van der Waals surface area contributed by atoms with E-state index >= 15 is 0 Å². The Morgan fingerprint density at radius 2 is 1.10 bits per heavy atom. The smallest absolute Gasteiger partial charge is 0.129 e. The molecule has 0 amide bonds. The van der Waals surface area contributed by atoms with Crippen LogP contribution in [0.5, 0.6) is 0 Å². The Morgan fingerprint density at radius 1 is 0.667 bits per heavy atom. The van der Waals surface area contributed by atoms with Gasteiger partial charge in [-0.3, -0.25) is 0 Å². The van der Waals surface area contributed by atoms with Crippen LogP contribution in [0, 0.1) is 5.92 Å². The fourth-order valence-electron chi connectivity index (χ4n) is 3.14. The molecule has 0 spiro atoms. The molecule has 0 saturated carbocycles. The van der Waals surface area contributed by atoms with Crippen molar-refractivity contribution in [2.75, 3.05) is 0 Å². The molecule has 0 aliphatic rings. The van der Waals surface area contributed by atoms with Gasteiger partial charge in [-0.25, -0.2) is 0 Å². The van der Waals surface area contributed by atoms with Gasteiger partial charge in [-0.1, -0.05) is 97.3 Å². The summed E-state index contributed by atoms with van der Waals surface area (Å²) in [5.74, 6) is 1.31. The predicted octanol–water partition coefficient (Wildman–Crippen LogP) is 7.08. The number of carbonyl (C=O) groups excluding carboxylic acids is 1. The highest BCUT2D eigenvalue weighted by atomic mass is 16.1. The van der Waals surface area contributed by atoms with Crippen LogP contribution < -0.4 is 0 Å². The first kappa shape index (κ1) is 20.7. The van der Waals surface area contributed by atoms with E-state index in [1.165, 1.54) is 83.5 Å². The van der Waals surface area contributed by atoms with Gasteiger partial charge in [-0.15, -0.1) is 0 Å². The van der Waals surface area contributed by atoms with Crippen molar-refractivity contribution < 1.29 is 4.79 Å². The quantitative estimate of drug-likeness (QED) is 0.278. The molecule has 126 valence electrons. The molecule has 0 N–H and O–H groups in total. The monoisotopic (exact) mass is 296 g/mol. The van der Waals surface area contributed by atoms with Gasteiger partial charge in [0, 0.05) is 6.42 Å². The van der Waals surface area contributed by atoms with Crippen molar-refractivity contribution in [1.82, 2.24) is 0 Å². The molecule has 1 nitrogen and oxygen atoms in total. The van der Waals surface area contributed by atoms with Crippen molar-refractivity contribution in [2.24, 2.45) is 5.92 Å². The summed E-state index contributed by atoms with van der Waals surface area (Å²) >= 11 is 0. The lowest BCUT2D eigenvalue weighted by atomic mass is 9.89. The third kappa shape index (κ3) is 15.9. The molecule has 0 fully saturated rings. The van der Waals surface area contributed by atoms with Crippen LogP contribution in [0.3, 0.4) is 0 Å². The highest BCUT2D eigenvalue weighted by Crippen LogP contribution is 2.24. The summed E-state index contributed by atoms with van der Waals surface area (Å²) in [7, 11) is 0. The van der Waals surface area contributed by atoms with Crippen molar-refractivity contribution in [1.29, 1.82) is 0 Å². The third-order valence-corrected chi connectivity index (χ3v) is 4.57. The molecule has 0 rings (SSSR count). The zero-order valence-electron chi connectivity index (χ0n) is 15.1. The Morgan fingerprint density at radius 3 is 1.48 bits per heavy atom. The number of hydrogen-bond acceptors (Lipinski definition) is 1. The molecule has 0 aliphatic carbocycles. The van der Waals surface area contributed by atoms with Crippen LogP contribution in [0.25, 0.3) is 0 Å². The summed E-state index contributed by atoms with van der Waals surface area (Å²) in [5.41, 5.74) is 0. The van der Waals surface area contributed by atoms with Gasteiger partial charge in [0.05, 0.1) is 0 Å². The predicted molar refractivity (Wildman–Crippen MR) is 94.8 cm³/mol. The van der Waals surface area contributed by atoms with E-state index < -0.39 is 0 Å². The molecule has 0 bridgehead atoms. The first-order chi connectivity index (χ1) is 10.2. The molecule has 0 atom stereocenters. The first-order valence-electron chi connectivity index (χ1n) is 9.70. The van der Waals surface area contributed by atoms with Gasteiger partial charge in [0.2, 0.25) is 0 Å². The van der Waals surface area contributed by atoms with Crippen molar-refractivity contribution in [3.8, 4) is 0 Å². The fraction of sp³-hybridized carbons (Fsp3) is 0.950. The fourth-order valence-corrected chi connectivity index (χ4v) is 3.14. The number of rotatable bonds is 16. The second kappa shape index (κ2) is 16.0. The number of Topliss-reactive ketones (excluding diaryl/α,β-unsaturated/α-hetero) is 1. The summed E-state index contributed by atoms with van der Waals surface area (Å²) in [5, 5.41) is 0. The lowest BCUT2D eigenvalue weighted by Crippen LogP contribution is -2.02. The number of ketones is 1. The van der Waals surface area contributed by atoms with Crippen LogP contribution in [0.2, 0.25) is 0 Å². The molecule has 0 radical (unpaired) electrons. The summed E-state index contributed by atoms with van der Waals surface area (Å²) in [6, 6.07) is 0. The van der Waals surface area contributed by atoms with E-state index in [-0.39, 0.29) is 0 Å². The molecule has 0 aromatic carbocycles. The van der Waals surface area contributed by atoms with E-state index in [2.05, 4.69) is 13.8 Å². The van der Waals surface area contributed by atoms with Gasteiger partial charge in [-0.05, 0) is 19.3 Å². The summed E-state index contributed by atoms with van der Waals surface area (Å²) in [6.45, 7) is 6.29. The molecule has 0 heterocycles. The first-order valence-corrected chi connectivity index (χ1v) is 9.70. The van der Waals surface area contributed by atoms with E-state index in [0.29, 0.717) is 5.78 Å². The van der Waals surface area contributed by atoms with Crippen molar-refractivity contribution in [2.45, 2.75) is 117 Å². The minimum absolute atomic E-state index is 0.352. The van der Waals surface area contributed by atoms with Crippen LogP contribution in [-0.2, 0) is 4.79 Å². The highest BCUT2D eigenvalue weighted by molar-refractivity contribution is 5.75. The third-order valence-electron chi connectivity index (χ3n) is 4.57. The molecule has 1 heteroatoms. The summed E-state index contributed by atoms with van der Waals surface area (Å²) in [6.07, 6.45) is 20.0. The Hall–Kier alpha value is -0.330. The lowest BCUT2D eigenvalue weighted by Gasteiger charge is -2.17. The minimum atomic E-state index is 0.352. The molecule has 21 heavy (non-hydrogen) atoms. The van der Waals surface area contributed by atoms with E-state index in [1.807, 2.05) is 0 Å². The topological polar surface area (TPSA) is 17.1 Å². The van der Waals surface area contributed by atoms with Gasteiger partial charge < -0.3 is 4.79 Å². The zero-order chi connectivity index (χ0) is 15.8. The van der Waals surface area contributed by atoms with E-state index in [4.69, 9.17) is 0 Å². The zero-order valence-corrected chi connectivity index (χ0v) is 15.1. The van der Waals surface area contributed by atoms with E-state index in [0.717, 1.165) is 18.8 Å². The molecule has 0 saturated heterocycles. The average Bonchev–Trinajstić information content (AvgIpc) is 2.46. The maximum atomic E-state index is 10.9. The number of hydrogen-bond donors (Lipinski definition) is 0. The van der Waals surface area contributed by atoms with Gasteiger partial charge >= 0.3 is 0 Å². The molecular weight excluding hydrogens is 256 g/mol. The highest BCUT2D eigenvalue weighted by Gasteiger charge is 2.08. The Bertz CT molecular complexity index is 210. The van der Waals surface area contributed by atoms with Crippen LogP contribution in [0.1, 0.15) is 117 Å². The maximum Gasteiger partial charge on any atom is 0.129 e. The van der Waals surface area contributed by atoms with Crippen molar-refractivity contribution in [3.63, 3.8) is 0 Å². The summed E-state index contributed by atoms with van der Waals surface area (Å²) < 4.78 is 0. The number of carbonyl (C=O) groups is 1. The van der Waals surface area contributed by atoms with Crippen molar-refractivity contribution in [3.05, 3.63) is 0 Å². The largest absolute Gasteiger partial charge is 0.300 e. The lowest BCUT2D eigenvalue weighted by molar-refractivity contribution is -0.117. The molecule has 0 aromatic heterocycles. The van der Waals surface area contributed by atoms with E-state index in [1.54, 1.807) is 6.92 Å². The van der Waals surface area contributed by atoms with Crippen LogP contribution in [0.4, 0.5) is 0 Å². The van der Waals surface area contributed by atoms with Gasteiger partial charge in [-0.2, -0.15) is 0 Å². The van der Waals surface area contributed by atoms with Crippen LogP contribution >= 0.6 is 0 Å². The van der Waals surface area contributed by atoms with Crippen LogP contribution in [-0.4, -0.2) is 5.78 Å². The molecular formula is C20H40O. The average molecular weight is 297 g/mol. The van der Waals surface area contributed by atoms with E-state index in [9.17, 15) is 4.79 Å². The maximum absolute atomic E-state index is 10.9. The Kier molecular flexibility index (Phi) is 15.8. The standard InChI is InChI=1S/C20H40O/c1-4-6-8-12-16-20(17-13-9-7-5-2)18-14-10-11-15-19(3)21/h20H,4-18H2,1-3H3. The minimum Gasteiger partial charge on any atom is -0.300 e. The van der Waals surface area contributed by atoms with Gasteiger partial charge in [0.25, 0.3) is 0 Å². The Balaban J connectivity index is 3.74. The molecule has 0 aliphatic heterocycles. The van der Waals surface area contributed by atoms with Gasteiger partial charge in [0.15, 0.2) is 0 Å². The second-order valence-corrected chi connectivity index (χ2v) is 6.87. The van der Waals surface area contributed by atoms with Crippen LogP contribution in [0.15, 0.2) is 0 Å². The SMILES string of the molecule is CCCCCCC(CCCCCC)CCCCCC(C)=O. The molecule has 0 unspecified atom stereocenters. The van der Waals surface area contributed by atoms with Crippen molar-refractivity contribution >= 4 is 5.78 Å². The second-order valence-electron chi connectivity index (χ2n) is 6.87.